The van der Waals surface area contributed by atoms with Crippen LogP contribution in [0.4, 0.5) is 0 Å². The predicted molar refractivity (Wildman–Crippen MR) is 106 cm³/mol. The minimum atomic E-state index is -0.763. The van der Waals surface area contributed by atoms with Crippen molar-refractivity contribution in [2.75, 3.05) is 20.6 Å². The highest BCUT2D eigenvalue weighted by molar-refractivity contribution is 6.31. The summed E-state index contributed by atoms with van der Waals surface area (Å²) in [5.41, 5.74) is 1.50. The van der Waals surface area contributed by atoms with Crippen molar-refractivity contribution in [3.63, 3.8) is 0 Å². The summed E-state index contributed by atoms with van der Waals surface area (Å²) in [6.07, 6.45) is 0.365. The summed E-state index contributed by atoms with van der Waals surface area (Å²) in [6.45, 7) is 2.58. The van der Waals surface area contributed by atoms with Crippen LogP contribution in [0, 0.1) is 6.92 Å². The molecule has 3 rings (SSSR count). The Hall–Kier alpha value is -2.80. The van der Waals surface area contributed by atoms with E-state index in [-0.39, 0.29) is 17.2 Å². The summed E-state index contributed by atoms with van der Waals surface area (Å²) >= 11 is 6.06. The van der Waals surface area contributed by atoms with Crippen LogP contribution in [0.15, 0.2) is 23.0 Å². The molecule has 0 saturated heterocycles. The molecular formula is C20H22ClN3O4. The number of carbonyl (C=O) groups excluding carboxylic acids is 2. The minimum absolute atomic E-state index is 0.0785. The molecule has 2 amide bonds. The zero-order valence-electron chi connectivity index (χ0n) is 16.2. The number of aromatic nitrogens is 1. The van der Waals surface area contributed by atoms with Gasteiger partial charge >= 0.3 is 0 Å². The third kappa shape index (κ3) is 3.26. The zero-order valence-corrected chi connectivity index (χ0v) is 17.0. The molecule has 0 saturated carbocycles. The van der Waals surface area contributed by atoms with Gasteiger partial charge in [-0.25, -0.2) is 0 Å². The Balaban J connectivity index is 2.05. The number of pyridine rings is 1. The molecule has 0 unspecified atom stereocenters. The lowest BCUT2D eigenvalue weighted by Gasteiger charge is -2.31. The molecule has 0 bridgehead atoms. The van der Waals surface area contributed by atoms with Gasteiger partial charge in [0.05, 0.1) is 5.56 Å². The fourth-order valence-corrected chi connectivity index (χ4v) is 3.59. The number of rotatable bonds is 3. The van der Waals surface area contributed by atoms with E-state index >= 15 is 0 Å². The molecule has 7 nitrogen and oxygen atoms in total. The van der Waals surface area contributed by atoms with Gasteiger partial charge in [0, 0.05) is 44.8 Å². The van der Waals surface area contributed by atoms with E-state index in [4.69, 9.17) is 11.6 Å². The molecule has 148 valence electrons. The minimum Gasteiger partial charge on any atom is -0.502 e. The highest BCUT2D eigenvalue weighted by atomic mass is 35.5. The Labute approximate surface area is 167 Å². The lowest BCUT2D eigenvalue weighted by atomic mass is 9.95. The van der Waals surface area contributed by atoms with E-state index in [1.54, 1.807) is 25.1 Å². The molecule has 0 aliphatic carbocycles. The zero-order chi connectivity index (χ0) is 20.7. The van der Waals surface area contributed by atoms with Crippen LogP contribution in [-0.2, 0) is 20.0 Å². The highest BCUT2D eigenvalue weighted by Crippen LogP contribution is 2.29. The molecule has 1 aliphatic heterocycles. The van der Waals surface area contributed by atoms with Crippen molar-refractivity contribution in [1.82, 2.24) is 14.4 Å². The molecular weight excluding hydrogens is 382 g/mol. The maximum Gasteiger partial charge on any atom is 0.293 e. The van der Waals surface area contributed by atoms with Gasteiger partial charge in [-0.1, -0.05) is 23.7 Å². The Bertz CT molecular complexity index is 1040. The van der Waals surface area contributed by atoms with Crippen LogP contribution < -0.4 is 5.56 Å². The third-order valence-electron chi connectivity index (χ3n) is 5.00. The van der Waals surface area contributed by atoms with Crippen LogP contribution in [-0.4, -0.2) is 51.9 Å². The van der Waals surface area contributed by atoms with Gasteiger partial charge in [0.25, 0.3) is 17.4 Å². The topological polar surface area (TPSA) is 82.8 Å². The molecule has 2 heterocycles. The Morgan fingerprint density at radius 2 is 1.96 bits per heavy atom. The monoisotopic (exact) mass is 403 g/mol. The summed E-state index contributed by atoms with van der Waals surface area (Å²) in [5, 5.41) is 11.0. The van der Waals surface area contributed by atoms with E-state index in [0.29, 0.717) is 30.1 Å². The van der Waals surface area contributed by atoms with Crippen LogP contribution in [0.1, 0.15) is 37.5 Å². The van der Waals surface area contributed by atoms with Crippen molar-refractivity contribution in [3.8, 4) is 5.75 Å². The van der Waals surface area contributed by atoms with Crippen molar-refractivity contribution >= 4 is 23.4 Å². The average Bonchev–Trinajstić information content (AvgIpc) is 2.64. The van der Waals surface area contributed by atoms with Crippen LogP contribution in [0.25, 0.3) is 0 Å². The average molecular weight is 404 g/mol. The number of amides is 2. The molecule has 1 N–H and O–H groups in total. The number of nitrogens with zero attached hydrogens (tertiary/aromatic N) is 3. The van der Waals surface area contributed by atoms with Gasteiger partial charge in [-0.2, -0.15) is 0 Å². The molecule has 0 atom stereocenters. The molecule has 0 radical (unpaired) electrons. The molecule has 1 aromatic heterocycles. The van der Waals surface area contributed by atoms with Gasteiger partial charge in [0.1, 0.15) is 5.69 Å². The van der Waals surface area contributed by atoms with Gasteiger partial charge in [0.2, 0.25) is 0 Å². The van der Waals surface area contributed by atoms with Crippen molar-refractivity contribution < 1.29 is 14.7 Å². The van der Waals surface area contributed by atoms with Gasteiger partial charge < -0.3 is 19.5 Å². The SMILES string of the molecule is Cc1cc(CN2CCc3c(c(O)c(=O)n(C)c3C(=O)N(C)C)C2=O)ccc1Cl. The van der Waals surface area contributed by atoms with Crippen LogP contribution in [0.3, 0.4) is 0 Å². The molecule has 1 aromatic carbocycles. The Kier molecular flexibility index (Phi) is 5.21. The van der Waals surface area contributed by atoms with Gasteiger partial charge in [-0.15, -0.1) is 0 Å². The second kappa shape index (κ2) is 7.31. The van der Waals surface area contributed by atoms with Crippen LogP contribution in [0.5, 0.6) is 5.75 Å². The number of halogens is 1. The first-order chi connectivity index (χ1) is 13.1. The lowest BCUT2D eigenvalue weighted by molar-refractivity contribution is 0.0720. The smallest absolute Gasteiger partial charge is 0.293 e. The summed E-state index contributed by atoms with van der Waals surface area (Å²) in [4.78, 5) is 41.0. The molecule has 0 fully saturated rings. The van der Waals surface area contributed by atoms with Gasteiger partial charge in [0.15, 0.2) is 5.75 Å². The lowest BCUT2D eigenvalue weighted by Crippen LogP contribution is -2.42. The van der Waals surface area contributed by atoms with Crippen LogP contribution >= 0.6 is 11.6 Å². The number of carbonyl (C=O) groups is 2. The number of hydrogen-bond acceptors (Lipinski definition) is 4. The highest BCUT2D eigenvalue weighted by Gasteiger charge is 2.34. The van der Waals surface area contributed by atoms with Gasteiger partial charge in [-0.05, 0) is 30.5 Å². The van der Waals surface area contributed by atoms with E-state index in [2.05, 4.69) is 0 Å². The number of hydrogen-bond donors (Lipinski definition) is 1. The molecule has 8 heteroatoms. The second-order valence-electron chi connectivity index (χ2n) is 7.17. The molecule has 0 spiro atoms. The molecule has 2 aromatic rings. The van der Waals surface area contributed by atoms with E-state index in [9.17, 15) is 19.5 Å². The number of benzene rings is 1. The quantitative estimate of drug-likeness (QED) is 0.849. The van der Waals surface area contributed by atoms with E-state index in [1.807, 2.05) is 19.1 Å². The fraction of sp³-hybridized carbons (Fsp3) is 0.350. The summed E-state index contributed by atoms with van der Waals surface area (Å²) in [6, 6.07) is 5.51. The number of fused-ring (bicyclic) bond motifs is 1. The van der Waals surface area contributed by atoms with E-state index in [1.165, 1.54) is 11.9 Å². The van der Waals surface area contributed by atoms with Crippen molar-refractivity contribution in [2.45, 2.75) is 19.9 Å². The first-order valence-electron chi connectivity index (χ1n) is 8.84. The van der Waals surface area contributed by atoms with Crippen molar-refractivity contribution in [2.24, 2.45) is 7.05 Å². The second-order valence-corrected chi connectivity index (χ2v) is 7.58. The Morgan fingerprint density at radius 1 is 1.29 bits per heavy atom. The number of aromatic hydroxyl groups is 1. The largest absolute Gasteiger partial charge is 0.502 e. The fourth-order valence-electron chi connectivity index (χ4n) is 3.47. The maximum atomic E-state index is 13.1. The maximum absolute atomic E-state index is 13.1. The van der Waals surface area contributed by atoms with E-state index < -0.39 is 17.2 Å². The van der Waals surface area contributed by atoms with E-state index in [0.717, 1.165) is 15.7 Å². The third-order valence-corrected chi connectivity index (χ3v) is 5.43. The first kappa shape index (κ1) is 19.9. The predicted octanol–water partition coefficient (Wildman–Crippen LogP) is 1.95. The van der Waals surface area contributed by atoms with Crippen molar-refractivity contribution in [1.29, 1.82) is 0 Å². The summed E-state index contributed by atoms with van der Waals surface area (Å²) in [5.74, 6) is -1.46. The van der Waals surface area contributed by atoms with Crippen molar-refractivity contribution in [3.05, 3.63) is 61.5 Å². The normalized spacial score (nSPS) is 13.5. The number of aryl methyl sites for hydroxylation is 1. The molecule has 1 aliphatic rings. The van der Waals surface area contributed by atoms with Gasteiger partial charge in [-0.3, -0.25) is 14.4 Å². The summed E-state index contributed by atoms with van der Waals surface area (Å²) in [7, 11) is 4.57. The standard InChI is InChI=1S/C20H22ClN3O4/c1-11-9-12(5-6-14(11)21)10-24-8-7-13-15(18(24)26)17(25)20(28)23(4)16(13)19(27)22(2)3/h5-6,9,25H,7-8,10H2,1-4H3. The summed E-state index contributed by atoms with van der Waals surface area (Å²) < 4.78 is 1.11. The van der Waals surface area contributed by atoms with Crippen LogP contribution in [0.2, 0.25) is 5.02 Å². The molecule has 28 heavy (non-hydrogen) atoms. The Morgan fingerprint density at radius 3 is 2.57 bits per heavy atom. The first-order valence-corrected chi connectivity index (χ1v) is 9.22.